The quantitative estimate of drug-likeness (QED) is 0.617. The van der Waals surface area contributed by atoms with Crippen molar-refractivity contribution in [2.45, 2.75) is 18.4 Å². The molecule has 3 rings (SSSR count). The molecule has 29 heavy (non-hydrogen) atoms. The Labute approximate surface area is 172 Å². The molecular weight excluding hydrogens is 384 g/mol. The van der Waals surface area contributed by atoms with E-state index in [1.165, 1.54) is 23.5 Å². The van der Waals surface area contributed by atoms with Crippen molar-refractivity contribution in [2.24, 2.45) is 0 Å². The Morgan fingerprint density at radius 1 is 0.862 bits per heavy atom. The fraction of sp³-hybridized carbons (Fsp3) is 0.174. The predicted octanol–water partition coefficient (Wildman–Crippen LogP) is 4.09. The molecule has 150 valence electrons. The van der Waals surface area contributed by atoms with E-state index in [0.717, 1.165) is 11.1 Å². The maximum atomic E-state index is 13.1. The molecular formula is C23H24N2O3S. The van der Waals surface area contributed by atoms with Crippen LogP contribution in [-0.4, -0.2) is 33.3 Å². The molecule has 0 aliphatic rings. The summed E-state index contributed by atoms with van der Waals surface area (Å²) >= 11 is 0. The van der Waals surface area contributed by atoms with E-state index in [1.807, 2.05) is 49.4 Å². The first-order valence-electron chi connectivity index (χ1n) is 9.24. The van der Waals surface area contributed by atoms with Crippen LogP contribution in [0.15, 0.2) is 83.8 Å². The van der Waals surface area contributed by atoms with Gasteiger partial charge in [0.15, 0.2) is 0 Å². The van der Waals surface area contributed by atoms with Crippen molar-refractivity contribution >= 4 is 21.6 Å². The molecule has 3 aromatic rings. The zero-order chi connectivity index (χ0) is 21.0. The first kappa shape index (κ1) is 20.6. The number of benzene rings is 3. The van der Waals surface area contributed by atoms with Gasteiger partial charge in [0.05, 0.1) is 10.6 Å². The van der Waals surface area contributed by atoms with Gasteiger partial charge in [0, 0.05) is 26.2 Å². The van der Waals surface area contributed by atoms with Crippen molar-refractivity contribution in [3.05, 3.63) is 95.6 Å². The number of nitrogens with zero attached hydrogens (tertiary/aromatic N) is 2. The van der Waals surface area contributed by atoms with Crippen molar-refractivity contribution in [3.63, 3.8) is 0 Å². The lowest BCUT2D eigenvalue weighted by atomic mass is 10.1. The van der Waals surface area contributed by atoms with Crippen LogP contribution in [0.4, 0.5) is 5.69 Å². The normalized spacial score (nSPS) is 11.1. The molecule has 0 radical (unpaired) electrons. The zero-order valence-corrected chi connectivity index (χ0v) is 17.6. The predicted molar refractivity (Wildman–Crippen MR) is 115 cm³/mol. The maximum Gasteiger partial charge on any atom is 0.264 e. The standard InChI is InChI=1S/C23H24N2O3S/c1-18-9-7-13-21(15-18)25(3)29(27,28)22-14-8-12-20(16-22)23(26)24(2)17-19-10-5-4-6-11-19/h4-16H,17H2,1-3H3. The maximum absolute atomic E-state index is 13.1. The third-order valence-electron chi connectivity index (χ3n) is 4.71. The summed E-state index contributed by atoms with van der Waals surface area (Å²) in [5, 5.41) is 0. The lowest BCUT2D eigenvalue weighted by molar-refractivity contribution is 0.0785. The van der Waals surface area contributed by atoms with E-state index in [1.54, 1.807) is 36.2 Å². The number of aryl methyl sites for hydroxylation is 1. The molecule has 0 bridgehead atoms. The molecule has 0 aromatic heterocycles. The molecule has 0 heterocycles. The minimum atomic E-state index is -3.79. The number of hydrogen-bond donors (Lipinski definition) is 0. The summed E-state index contributed by atoms with van der Waals surface area (Å²) in [6.45, 7) is 2.35. The van der Waals surface area contributed by atoms with Gasteiger partial charge in [-0.25, -0.2) is 8.42 Å². The molecule has 0 atom stereocenters. The molecule has 0 aliphatic heterocycles. The number of anilines is 1. The van der Waals surface area contributed by atoms with Gasteiger partial charge in [0.1, 0.15) is 0 Å². The summed E-state index contributed by atoms with van der Waals surface area (Å²) in [7, 11) is -0.569. The Bertz CT molecular complexity index is 1110. The second kappa shape index (κ2) is 8.49. The Balaban J connectivity index is 1.85. The Hall–Kier alpha value is -3.12. The van der Waals surface area contributed by atoms with Gasteiger partial charge in [-0.05, 0) is 48.4 Å². The number of rotatable bonds is 6. The highest BCUT2D eigenvalue weighted by Gasteiger charge is 2.23. The molecule has 0 N–H and O–H groups in total. The topological polar surface area (TPSA) is 57.7 Å². The molecule has 0 fully saturated rings. The highest BCUT2D eigenvalue weighted by atomic mass is 32.2. The summed E-state index contributed by atoms with van der Waals surface area (Å²) in [4.78, 5) is 14.5. The highest BCUT2D eigenvalue weighted by Crippen LogP contribution is 2.24. The van der Waals surface area contributed by atoms with Crippen LogP contribution in [0.3, 0.4) is 0 Å². The Morgan fingerprint density at radius 3 is 2.24 bits per heavy atom. The van der Waals surface area contributed by atoms with E-state index in [4.69, 9.17) is 0 Å². The fourth-order valence-corrected chi connectivity index (χ4v) is 4.29. The molecule has 5 nitrogen and oxygen atoms in total. The lowest BCUT2D eigenvalue weighted by Gasteiger charge is -2.21. The van der Waals surface area contributed by atoms with Crippen molar-refractivity contribution < 1.29 is 13.2 Å². The van der Waals surface area contributed by atoms with Gasteiger partial charge < -0.3 is 4.90 Å². The number of amides is 1. The molecule has 0 saturated heterocycles. The van der Waals surface area contributed by atoms with Crippen molar-refractivity contribution in [3.8, 4) is 0 Å². The first-order valence-corrected chi connectivity index (χ1v) is 10.7. The second-order valence-corrected chi connectivity index (χ2v) is 8.96. The van der Waals surface area contributed by atoms with Crippen LogP contribution in [0.1, 0.15) is 21.5 Å². The number of hydrogen-bond acceptors (Lipinski definition) is 3. The summed E-state index contributed by atoms with van der Waals surface area (Å²) < 4.78 is 27.4. The van der Waals surface area contributed by atoms with Crippen LogP contribution in [0.5, 0.6) is 0 Å². The van der Waals surface area contributed by atoms with E-state index in [0.29, 0.717) is 17.8 Å². The minimum Gasteiger partial charge on any atom is -0.337 e. The number of carbonyl (C=O) groups is 1. The first-order chi connectivity index (χ1) is 13.8. The minimum absolute atomic E-state index is 0.0838. The van der Waals surface area contributed by atoms with E-state index in [-0.39, 0.29) is 10.8 Å². The number of carbonyl (C=O) groups excluding carboxylic acids is 1. The molecule has 6 heteroatoms. The van der Waals surface area contributed by atoms with Crippen LogP contribution in [0, 0.1) is 6.92 Å². The van der Waals surface area contributed by atoms with E-state index in [9.17, 15) is 13.2 Å². The average molecular weight is 409 g/mol. The molecule has 0 unspecified atom stereocenters. The lowest BCUT2D eigenvalue weighted by Crippen LogP contribution is -2.28. The monoisotopic (exact) mass is 408 g/mol. The van der Waals surface area contributed by atoms with Crippen LogP contribution in [0.25, 0.3) is 0 Å². The van der Waals surface area contributed by atoms with Gasteiger partial charge in [-0.1, -0.05) is 48.5 Å². The van der Waals surface area contributed by atoms with Gasteiger partial charge in [0.2, 0.25) is 0 Å². The van der Waals surface area contributed by atoms with Gasteiger partial charge in [-0.2, -0.15) is 0 Å². The van der Waals surface area contributed by atoms with Crippen molar-refractivity contribution in [2.75, 3.05) is 18.4 Å². The molecule has 0 saturated carbocycles. The smallest absolute Gasteiger partial charge is 0.264 e. The molecule has 1 amide bonds. The molecule has 0 spiro atoms. The van der Waals surface area contributed by atoms with Crippen LogP contribution >= 0.6 is 0 Å². The Kier molecular flexibility index (Phi) is 6.03. The third-order valence-corrected chi connectivity index (χ3v) is 6.50. The molecule has 0 aliphatic carbocycles. The van der Waals surface area contributed by atoms with Crippen molar-refractivity contribution in [1.82, 2.24) is 4.90 Å². The van der Waals surface area contributed by atoms with E-state index in [2.05, 4.69) is 0 Å². The Morgan fingerprint density at radius 2 is 1.55 bits per heavy atom. The summed E-state index contributed by atoms with van der Waals surface area (Å²) in [5.41, 5.74) is 2.88. The fourth-order valence-electron chi connectivity index (χ4n) is 3.06. The largest absolute Gasteiger partial charge is 0.337 e. The van der Waals surface area contributed by atoms with Crippen molar-refractivity contribution in [1.29, 1.82) is 0 Å². The molecule has 3 aromatic carbocycles. The SMILES string of the molecule is Cc1cccc(N(C)S(=O)(=O)c2cccc(C(=O)N(C)Cc3ccccc3)c2)c1. The number of sulfonamides is 1. The summed E-state index contributed by atoms with van der Waals surface area (Å²) in [5.74, 6) is -0.232. The van der Waals surface area contributed by atoms with E-state index < -0.39 is 10.0 Å². The van der Waals surface area contributed by atoms with Gasteiger partial charge in [0.25, 0.3) is 15.9 Å². The van der Waals surface area contributed by atoms with Gasteiger partial charge in [-0.3, -0.25) is 9.10 Å². The highest BCUT2D eigenvalue weighted by molar-refractivity contribution is 7.92. The van der Waals surface area contributed by atoms with Gasteiger partial charge >= 0.3 is 0 Å². The second-order valence-electron chi connectivity index (χ2n) is 6.99. The van der Waals surface area contributed by atoms with E-state index >= 15 is 0 Å². The zero-order valence-electron chi connectivity index (χ0n) is 16.7. The average Bonchev–Trinajstić information content (AvgIpc) is 2.73. The summed E-state index contributed by atoms with van der Waals surface area (Å²) in [6.07, 6.45) is 0. The van der Waals surface area contributed by atoms with Crippen LogP contribution in [-0.2, 0) is 16.6 Å². The van der Waals surface area contributed by atoms with Crippen LogP contribution < -0.4 is 4.31 Å². The van der Waals surface area contributed by atoms with Gasteiger partial charge in [-0.15, -0.1) is 0 Å². The summed E-state index contributed by atoms with van der Waals surface area (Å²) in [6, 6.07) is 23.1. The third kappa shape index (κ3) is 4.66. The van der Waals surface area contributed by atoms with Crippen LogP contribution in [0.2, 0.25) is 0 Å².